The van der Waals surface area contributed by atoms with Crippen LogP contribution in [-0.2, 0) is 4.79 Å². The summed E-state index contributed by atoms with van der Waals surface area (Å²) in [4.78, 5) is 24.8. The van der Waals surface area contributed by atoms with Crippen molar-refractivity contribution in [1.82, 2.24) is 20.4 Å². The fourth-order valence-electron chi connectivity index (χ4n) is 1.74. The third-order valence-corrected chi connectivity index (χ3v) is 2.80. The van der Waals surface area contributed by atoms with Crippen molar-refractivity contribution in [2.75, 3.05) is 26.4 Å². The van der Waals surface area contributed by atoms with Crippen molar-refractivity contribution in [1.29, 1.82) is 0 Å². The Balaban J connectivity index is 2.31. The Morgan fingerprint density at radius 1 is 1.47 bits per heavy atom. The molecular formula is C12H15N5O2. The molecule has 0 aliphatic heterocycles. The zero-order valence-electron chi connectivity index (χ0n) is 10.7. The molecule has 0 unspecified atom stereocenters. The maximum Gasteiger partial charge on any atom is 0.275 e. The number of nitrogens with one attached hydrogen (secondary N) is 2. The van der Waals surface area contributed by atoms with Crippen LogP contribution in [0.4, 0.5) is 5.69 Å². The van der Waals surface area contributed by atoms with Crippen LogP contribution in [-0.4, -0.2) is 47.6 Å². The molecular weight excluding hydrogens is 246 g/mol. The fourth-order valence-corrected chi connectivity index (χ4v) is 1.74. The minimum Gasteiger partial charge on any atom is -0.399 e. The molecule has 4 N–H and O–H groups in total. The SMILES string of the molecule is CNC(=O)CN(C)C(=O)c1n[nH]c2ccc(N)cc12. The third-order valence-electron chi connectivity index (χ3n) is 2.80. The molecule has 0 aliphatic rings. The van der Waals surface area contributed by atoms with Crippen molar-refractivity contribution in [2.45, 2.75) is 0 Å². The van der Waals surface area contributed by atoms with Crippen LogP contribution in [0.5, 0.6) is 0 Å². The highest BCUT2D eigenvalue weighted by atomic mass is 16.2. The lowest BCUT2D eigenvalue weighted by atomic mass is 10.2. The maximum absolute atomic E-state index is 12.2. The topological polar surface area (TPSA) is 104 Å². The second-order valence-corrected chi connectivity index (χ2v) is 4.21. The van der Waals surface area contributed by atoms with Crippen molar-refractivity contribution in [3.8, 4) is 0 Å². The van der Waals surface area contributed by atoms with Gasteiger partial charge in [-0.05, 0) is 18.2 Å². The van der Waals surface area contributed by atoms with E-state index in [1.54, 1.807) is 25.2 Å². The number of fused-ring (bicyclic) bond motifs is 1. The number of nitrogens with two attached hydrogens (primary N) is 1. The van der Waals surface area contributed by atoms with Crippen molar-refractivity contribution in [3.63, 3.8) is 0 Å². The highest BCUT2D eigenvalue weighted by Gasteiger charge is 2.19. The number of aromatic amines is 1. The van der Waals surface area contributed by atoms with Gasteiger partial charge in [-0.3, -0.25) is 14.7 Å². The van der Waals surface area contributed by atoms with Gasteiger partial charge in [0.1, 0.15) is 0 Å². The number of carbonyl (C=O) groups excluding carboxylic acids is 2. The van der Waals surface area contributed by atoms with Gasteiger partial charge in [0, 0.05) is 25.2 Å². The smallest absolute Gasteiger partial charge is 0.275 e. The van der Waals surface area contributed by atoms with Gasteiger partial charge in [-0.2, -0.15) is 5.10 Å². The number of carbonyl (C=O) groups is 2. The summed E-state index contributed by atoms with van der Waals surface area (Å²) in [5, 5.41) is 9.86. The average Bonchev–Trinajstić information content (AvgIpc) is 2.80. The number of rotatable bonds is 3. The summed E-state index contributed by atoms with van der Waals surface area (Å²) in [5.74, 6) is -0.573. The number of H-pyrrole nitrogens is 1. The molecule has 1 aromatic carbocycles. The van der Waals surface area contributed by atoms with Gasteiger partial charge in [0.2, 0.25) is 5.91 Å². The van der Waals surface area contributed by atoms with E-state index in [9.17, 15) is 9.59 Å². The van der Waals surface area contributed by atoms with Crippen LogP contribution in [0.15, 0.2) is 18.2 Å². The molecule has 2 rings (SSSR count). The summed E-state index contributed by atoms with van der Waals surface area (Å²) in [6.45, 7) is -0.0218. The molecule has 0 atom stereocenters. The van der Waals surface area contributed by atoms with Crippen LogP contribution in [0.1, 0.15) is 10.5 Å². The molecule has 0 saturated heterocycles. The predicted molar refractivity (Wildman–Crippen MR) is 71.5 cm³/mol. The molecule has 0 bridgehead atoms. The van der Waals surface area contributed by atoms with E-state index in [2.05, 4.69) is 15.5 Å². The van der Waals surface area contributed by atoms with Crippen LogP contribution >= 0.6 is 0 Å². The predicted octanol–water partition coefficient (Wildman–Crippen LogP) is -0.0369. The van der Waals surface area contributed by atoms with Crippen LogP contribution < -0.4 is 11.1 Å². The summed E-state index contributed by atoms with van der Waals surface area (Å²) in [7, 11) is 3.07. The van der Waals surface area contributed by atoms with Crippen molar-refractivity contribution in [3.05, 3.63) is 23.9 Å². The second kappa shape index (κ2) is 4.97. The van der Waals surface area contributed by atoms with Crippen LogP contribution in [0.3, 0.4) is 0 Å². The Morgan fingerprint density at radius 2 is 2.21 bits per heavy atom. The van der Waals surface area contributed by atoms with E-state index >= 15 is 0 Å². The lowest BCUT2D eigenvalue weighted by Crippen LogP contribution is -2.37. The Morgan fingerprint density at radius 3 is 2.89 bits per heavy atom. The lowest BCUT2D eigenvalue weighted by Gasteiger charge is -2.14. The standard InChI is InChI=1S/C12H15N5O2/c1-14-10(18)6-17(2)12(19)11-8-5-7(13)3-4-9(8)15-16-11/h3-5H,6,13H2,1-2H3,(H,14,18)(H,15,16). The van der Waals surface area contributed by atoms with Gasteiger partial charge in [0.15, 0.2) is 5.69 Å². The second-order valence-electron chi connectivity index (χ2n) is 4.21. The number of hydrogen-bond acceptors (Lipinski definition) is 4. The zero-order valence-corrected chi connectivity index (χ0v) is 10.7. The highest BCUT2D eigenvalue weighted by Crippen LogP contribution is 2.19. The Kier molecular flexibility index (Phi) is 3.37. The molecule has 0 radical (unpaired) electrons. The van der Waals surface area contributed by atoms with Gasteiger partial charge in [-0.15, -0.1) is 0 Å². The molecule has 7 heteroatoms. The summed E-state index contributed by atoms with van der Waals surface area (Å²) in [6, 6.07) is 5.16. The summed E-state index contributed by atoms with van der Waals surface area (Å²) >= 11 is 0. The first-order chi connectivity index (χ1) is 9.02. The van der Waals surface area contributed by atoms with Crippen molar-refractivity contribution in [2.24, 2.45) is 0 Å². The minimum atomic E-state index is -0.333. The Labute approximate surface area is 109 Å². The van der Waals surface area contributed by atoms with Gasteiger partial charge < -0.3 is 16.0 Å². The number of nitrogen functional groups attached to an aromatic ring is 1. The van der Waals surface area contributed by atoms with Gasteiger partial charge in [0.25, 0.3) is 5.91 Å². The molecule has 2 aromatic rings. The van der Waals surface area contributed by atoms with Crippen molar-refractivity contribution < 1.29 is 9.59 Å². The van der Waals surface area contributed by atoms with E-state index in [-0.39, 0.29) is 24.1 Å². The Bertz CT molecular complexity index is 634. The number of nitrogens with zero attached hydrogens (tertiary/aromatic N) is 2. The molecule has 1 heterocycles. The molecule has 19 heavy (non-hydrogen) atoms. The number of likely N-dealkylation sites (N-methyl/N-ethyl adjacent to an activating group) is 2. The summed E-state index contributed by atoms with van der Waals surface area (Å²) < 4.78 is 0. The quantitative estimate of drug-likeness (QED) is 0.674. The third kappa shape index (κ3) is 2.49. The molecule has 2 amide bonds. The van der Waals surface area contributed by atoms with Crippen LogP contribution in [0, 0.1) is 0 Å². The number of anilines is 1. The average molecular weight is 261 g/mol. The molecule has 7 nitrogen and oxygen atoms in total. The summed E-state index contributed by atoms with van der Waals surface area (Å²) in [5.41, 5.74) is 7.24. The monoisotopic (exact) mass is 261 g/mol. The fraction of sp³-hybridized carbons (Fsp3) is 0.250. The summed E-state index contributed by atoms with van der Waals surface area (Å²) in [6.07, 6.45) is 0. The van der Waals surface area contributed by atoms with E-state index in [4.69, 9.17) is 5.73 Å². The minimum absolute atomic E-state index is 0.0218. The highest BCUT2D eigenvalue weighted by molar-refractivity contribution is 6.06. The molecule has 0 aliphatic carbocycles. The van der Waals surface area contributed by atoms with E-state index in [1.807, 2.05) is 0 Å². The van der Waals surface area contributed by atoms with Gasteiger partial charge >= 0.3 is 0 Å². The normalized spacial score (nSPS) is 10.4. The number of aromatic nitrogens is 2. The molecule has 0 fully saturated rings. The largest absolute Gasteiger partial charge is 0.399 e. The van der Waals surface area contributed by atoms with E-state index in [0.717, 1.165) is 5.52 Å². The van der Waals surface area contributed by atoms with Gasteiger partial charge in [-0.1, -0.05) is 0 Å². The molecule has 100 valence electrons. The van der Waals surface area contributed by atoms with E-state index in [1.165, 1.54) is 11.9 Å². The number of benzene rings is 1. The number of amides is 2. The maximum atomic E-state index is 12.2. The first-order valence-corrected chi connectivity index (χ1v) is 5.72. The lowest BCUT2D eigenvalue weighted by molar-refractivity contribution is -0.121. The first-order valence-electron chi connectivity index (χ1n) is 5.72. The van der Waals surface area contributed by atoms with E-state index < -0.39 is 0 Å². The van der Waals surface area contributed by atoms with Crippen LogP contribution in [0.2, 0.25) is 0 Å². The Hall–Kier alpha value is -2.57. The molecule has 0 saturated carbocycles. The first kappa shape index (κ1) is 12.9. The number of hydrogen-bond donors (Lipinski definition) is 3. The zero-order chi connectivity index (χ0) is 14.0. The van der Waals surface area contributed by atoms with E-state index in [0.29, 0.717) is 11.1 Å². The van der Waals surface area contributed by atoms with Gasteiger partial charge in [-0.25, -0.2) is 0 Å². The van der Waals surface area contributed by atoms with Gasteiger partial charge in [0.05, 0.1) is 12.1 Å². The molecule has 0 spiro atoms. The molecule has 1 aromatic heterocycles. The van der Waals surface area contributed by atoms with Crippen molar-refractivity contribution >= 4 is 28.4 Å². The van der Waals surface area contributed by atoms with Crippen LogP contribution in [0.25, 0.3) is 10.9 Å².